The summed E-state index contributed by atoms with van der Waals surface area (Å²) in [5.74, 6) is 0. The maximum absolute atomic E-state index is 12.7. The van der Waals surface area contributed by atoms with Gasteiger partial charge in [-0.1, -0.05) is 24.3 Å². The van der Waals surface area contributed by atoms with E-state index >= 15 is 0 Å². The molecule has 124 valence electrons. The lowest BCUT2D eigenvalue weighted by Gasteiger charge is -2.11. The average molecular weight is 343 g/mol. The van der Waals surface area contributed by atoms with E-state index in [9.17, 15) is 21.6 Å². The maximum Gasteiger partial charge on any atom is 0.416 e. The zero-order chi connectivity index (χ0) is 17.3. The van der Waals surface area contributed by atoms with E-state index in [4.69, 9.17) is 0 Å². The second-order valence-electron chi connectivity index (χ2n) is 5.27. The zero-order valence-electron chi connectivity index (χ0n) is 12.6. The normalized spacial score (nSPS) is 12.4. The number of alkyl halides is 3. The summed E-state index contributed by atoms with van der Waals surface area (Å²) in [5.41, 5.74) is 1.22. The van der Waals surface area contributed by atoms with Crippen LogP contribution < -0.4 is 4.72 Å². The summed E-state index contributed by atoms with van der Waals surface area (Å²) < 4.78 is 64.7. The minimum atomic E-state index is -4.46. The number of halogens is 3. The second-order valence-corrected chi connectivity index (χ2v) is 7.04. The molecule has 0 radical (unpaired) electrons. The molecule has 23 heavy (non-hydrogen) atoms. The van der Waals surface area contributed by atoms with Crippen LogP contribution in [0.2, 0.25) is 0 Å². The van der Waals surface area contributed by atoms with Gasteiger partial charge >= 0.3 is 6.18 Å². The third kappa shape index (κ3) is 4.33. The van der Waals surface area contributed by atoms with Gasteiger partial charge in [0.1, 0.15) is 0 Å². The Labute approximate surface area is 133 Å². The molecule has 0 unspecified atom stereocenters. The van der Waals surface area contributed by atoms with E-state index in [1.165, 1.54) is 24.3 Å². The molecular formula is C16H16F3NO2S. The first-order chi connectivity index (χ1) is 10.6. The number of hydrogen-bond donors (Lipinski definition) is 1. The average Bonchev–Trinajstić information content (AvgIpc) is 2.47. The van der Waals surface area contributed by atoms with Crippen molar-refractivity contribution in [1.82, 2.24) is 4.72 Å². The van der Waals surface area contributed by atoms with Crippen molar-refractivity contribution >= 4 is 10.0 Å². The van der Waals surface area contributed by atoms with E-state index in [1.807, 2.05) is 6.92 Å². The summed E-state index contributed by atoms with van der Waals surface area (Å²) in [7, 11) is -3.78. The van der Waals surface area contributed by atoms with Crippen molar-refractivity contribution in [2.75, 3.05) is 0 Å². The van der Waals surface area contributed by atoms with Gasteiger partial charge in [-0.3, -0.25) is 0 Å². The predicted octanol–water partition coefficient (Wildman–Crippen LogP) is 3.80. The van der Waals surface area contributed by atoms with Gasteiger partial charge in [-0.05, 0) is 48.7 Å². The van der Waals surface area contributed by atoms with E-state index in [1.54, 1.807) is 13.0 Å². The fourth-order valence-electron chi connectivity index (χ4n) is 2.00. The fraction of sp³-hybridized carbons (Fsp3) is 0.250. The highest BCUT2D eigenvalue weighted by Gasteiger charge is 2.30. The molecule has 0 atom stereocenters. The van der Waals surface area contributed by atoms with Gasteiger partial charge in [-0.15, -0.1) is 0 Å². The molecule has 1 N–H and O–H groups in total. The van der Waals surface area contributed by atoms with Crippen LogP contribution in [0.15, 0.2) is 47.4 Å². The van der Waals surface area contributed by atoms with Crippen molar-refractivity contribution in [3.63, 3.8) is 0 Å². The Bertz CT molecular complexity index is 814. The van der Waals surface area contributed by atoms with E-state index < -0.39 is 21.8 Å². The molecule has 0 saturated carbocycles. The van der Waals surface area contributed by atoms with Gasteiger partial charge in [-0.2, -0.15) is 13.2 Å². The summed E-state index contributed by atoms with van der Waals surface area (Å²) in [6, 6.07) is 9.26. The smallest absolute Gasteiger partial charge is 0.207 e. The summed E-state index contributed by atoms with van der Waals surface area (Å²) in [6.45, 7) is 3.45. The molecule has 0 aliphatic rings. The summed E-state index contributed by atoms with van der Waals surface area (Å²) in [4.78, 5) is 0.0903. The minimum Gasteiger partial charge on any atom is -0.207 e. The third-order valence-electron chi connectivity index (χ3n) is 3.51. The van der Waals surface area contributed by atoms with Gasteiger partial charge in [0.25, 0.3) is 0 Å². The lowest BCUT2D eigenvalue weighted by atomic mass is 10.1. The molecule has 0 bridgehead atoms. The van der Waals surface area contributed by atoms with Crippen molar-refractivity contribution in [3.8, 4) is 0 Å². The number of benzene rings is 2. The van der Waals surface area contributed by atoms with Crippen LogP contribution in [0.1, 0.15) is 22.3 Å². The van der Waals surface area contributed by atoms with E-state index in [0.717, 1.165) is 23.3 Å². The molecule has 7 heteroatoms. The highest BCUT2D eigenvalue weighted by molar-refractivity contribution is 7.89. The fourth-order valence-corrected chi connectivity index (χ4v) is 3.10. The highest BCUT2D eigenvalue weighted by Crippen LogP contribution is 2.29. The number of nitrogens with one attached hydrogen (secondary N) is 1. The molecule has 0 aromatic heterocycles. The number of sulfonamides is 1. The van der Waals surface area contributed by atoms with Gasteiger partial charge in [0.2, 0.25) is 10.0 Å². The molecule has 0 aliphatic heterocycles. The Balaban J connectivity index is 2.18. The molecule has 0 saturated heterocycles. The van der Waals surface area contributed by atoms with E-state index in [2.05, 4.69) is 4.72 Å². The van der Waals surface area contributed by atoms with Crippen LogP contribution in [0.25, 0.3) is 0 Å². The first kappa shape index (κ1) is 17.5. The Morgan fingerprint density at radius 1 is 1.00 bits per heavy atom. The number of rotatable bonds is 4. The second kappa shape index (κ2) is 6.33. The van der Waals surface area contributed by atoms with Gasteiger partial charge in [0, 0.05) is 6.54 Å². The maximum atomic E-state index is 12.7. The summed E-state index contributed by atoms with van der Waals surface area (Å²) in [5, 5.41) is 0. The van der Waals surface area contributed by atoms with Crippen LogP contribution in [0.4, 0.5) is 13.2 Å². The molecular weight excluding hydrogens is 327 g/mol. The molecule has 2 aromatic carbocycles. The molecule has 0 amide bonds. The monoisotopic (exact) mass is 343 g/mol. The third-order valence-corrected chi connectivity index (χ3v) is 4.91. The standard InChI is InChI=1S/C16H16F3NO2S/c1-11-6-7-15(8-12(11)2)23(21,22)20-10-13-4-3-5-14(9-13)16(17,18)19/h3-9,20H,10H2,1-2H3. The van der Waals surface area contributed by atoms with Crippen LogP contribution in [-0.2, 0) is 22.7 Å². The van der Waals surface area contributed by atoms with Crippen molar-refractivity contribution in [3.05, 3.63) is 64.7 Å². The lowest BCUT2D eigenvalue weighted by Crippen LogP contribution is -2.23. The van der Waals surface area contributed by atoms with Crippen LogP contribution in [0.3, 0.4) is 0 Å². The number of hydrogen-bond acceptors (Lipinski definition) is 2. The quantitative estimate of drug-likeness (QED) is 0.918. The first-order valence-corrected chi connectivity index (χ1v) is 8.31. The molecule has 2 aromatic rings. The molecule has 0 heterocycles. The number of aryl methyl sites for hydroxylation is 2. The molecule has 0 spiro atoms. The summed E-state index contributed by atoms with van der Waals surface area (Å²) in [6.07, 6.45) is -4.46. The molecule has 0 fully saturated rings. The van der Waals surface area contributed by atoms with Gasteiger partial charge in [0.05, 0.1) is 10.5 Å². The largest absolute Gasteiger partial charge is 0.416 e. The van der Waals surface area contributed by atoms with Crippen LogP contribution in [0, 0.1) is 13.8 Å². The van der Waals surface area contributed by atoms with Crippen LogP contribution in [0.5, 0.6) is 0 Å². The highest BCUT2D eigenvalue weighted by atomic mass is 32.2. The first-order valence-electron chi connectivity index (χ1n) is 6.83. The molecule has 0 aliphatic carbocycles. The SMILES string of the molecule is Cc1ccc(S(=O)(=O)NCc2cccc(C(F)(F)F)c2)cc1C. The van der Waals surface area contributed by atoms with Crippen LogP contribution >= 0.6 is 0 Å². The minimum absolute atomic E-state index is 0.0903. The van der Waals surface area contributed by atoms with Crippen molar-refractivity contribution < 1.29 is 21.6 Å². The van der Waals surface area contributed by atoms with Crippen molar-refractivity contribution in [2.24, 2.45) is 0 Å². The lowest BCUT2D eigenvalue weighted by molar-refractivity contribution is -0.137. The molecule has 3 nitrogen and oxygen atoms in total. The van der Waals surface area contributed by atoms with E-state index in [-0.39, 0.29) is 17.0 Å². The van der Waals surface area contributed by atoms with Gasteiger partial charge < -0.3 is 0 Å². The Hall–Kier alpha value is -1.86. The van der Waals surface area contributed by atoms with Gasteiger partial charge in [-0.25, -0.2) is 13.1 Å². The molecule has 2 rings (SSSR count). The van der Waals surface area contributed by atoms with Crippen LogP contribution in [-0.4, -0.2) is 8.42 Å². The topological polar surface area (TPSA) is 46.2 Å². The Kier molecular flexibility index (Phi) is 4.81. The predicted molar refractivity (Wildman–Crippen MR) is 81.4 cm³/mol. The Morgan fingerprint density at radius 3 is 2.30 bits per heavy atom. The summed E-state index contributed by atoms with van der Waals surface area (Å²) >= 11 is 0. The Morgan fingerprint density at radius 2 is 1.70 bits per heavy atom. The van der Waals surface area contributed by atoms with E-state index in [0.29, 0.717) is 0 Å². The van der Waals surface area contributed by atoms with Crippen molar-refractivity contribution in [2.45, 2.75) is 31.5 Å². The van der Waals surface area contributed by atoms with Crippen molar-refractivity contribution in [1.29, 1.82) is 0 Å². The zero-order valence-corrected chi connectivity index (χ0v) is 13.4. The van der Waals surface area contributed by atoms with Gasteiger partial charge in [0.15, 0.2) is 0 Å².